The number of aromatic amines is 1. The summed E-state index contributed by atoms with van der Waals surface area (Å²) < 4.78 is 4.32. The summed E-state index contributed by atoms with van der Waals surface area (Å²) in [6.45, 7) is 0. The van der Waals surface area contributed by atoms with E-state index in [-0.39, 0.29) is 0 Å². The van der Waals surface area contributed by atoms with Gasteiger partial charge in [-0.25, -0.2) is 9.59 Å². The monoisotopic (exact) mass is 257 g/mol. The minimum atomic E-state index is -0.723. The highest BCUT2D eigenvalue weighted by Gasteiger charge is 1.98. The summed E-state index contributed by atoms with van der Waals surface area (Å²) >= 11 is 0. The molecule has 3 aromatic rings. The lowest BCUT2D eigenvalue weighted by atomic mass is 10.2. The molecule has 5 nitrogen and oxygen atoms in total. The number of aromatic nitrogens is 1. The smallest absolute Gasteiger partial charge is 0.419 e. The fourth-order valence-corrected chi connectivity index (χ4v) is 1.47. The summed E-state index contributed by atoms with van der Waals surface area (Å²) in [4.78, 5) is 24.1. The highest BCUT2D eigenvalue weighted by Crippen LogP contribution is 2.03. The maximum atomic E-state index is 11.0. The van der Waals surface area contributed by atoms with E-state index in [2.05, 4.69) is 9.40 Å². The van der Waals surface area contributed by atoms with Crippen molar-refractivity contribution < 1.29 is 9.52 Å². The Kier molecular flexibility index (Phi) is 3.78. The largest absolute Gasteiger partial charge is 0.508 e. The fraction of sp³-hybridized carbons (Fsp3) is 0. The van der Waals surface area contributed by atoms with E-state index in [1.165, 1.54) is 0 Å². The number of fused-ring (bicyclic) bond motifs is 1. The van der Waals surface area contributed by atoms with E-state index in [9.17, 15) is 9.59 Å². The molecule has 3 rings (SSSR count). The number of nitrogens with one attached hydrogen (secondary N) is 1. The van der Waals surface area contributed by atoms with Crippen LogP contribution in [0.1, 0.15) is 0 Å². The molecule has 0 saturated heterocycles. The van der Waals surface area contributed by atoms with Crippen molar-refractivity contribution in [3.8, 4) is 5.75 Å². The molecule has 0 atom stereocenters. The third-order valence-electron chi connectivity index (χ3n) is 2.33. The third kappa shape index (κ3) is 3.32. The van der Waals surface area contributed by atoms with Crippen molar-refractivity contribution in [3.05, 3.63) is 75.6 Å². The maximum absolute atomic E-state index is 11.0. The van der Waals surface area contributed by atoms with Crippen molar-refractivity contribution in [2.75, 3.05) is 0 Å². The molecule has 0 aliphatic rings. The fourth-order valence-electron chi connectivity index (χ4n) is 1.47. The SMILES string of the molecule is O=c1[nH]c2ccccc2c(=O)o1.Oc1ccccc1. The van der Waals surface area contributed by atoms with Crippen LogP contribution in [0.3, 0.4) is 0 Å². The number of aromatic hydroxyl groups is 1. The van der Waals surface area contributed by atoms with Gasteiger partial charge in [-0.15, -0.1) is 0 Å². The quantitative estimate of drug-likeness (QED) is 0.644. The second kappa shape index (κ2) is 5.68. The van der Waals surface area contributed by atoms with Crippen LogP contribution in [0.25, 0.3) is 10.9 Å². The van der Waals surface area contributed by atoms with E-state index in [0.29, 0.717) is 16.7 Å². The van der Waals surface area contributed by atoms with Gasteiger partial charge >= 0.3 is 11.4 Å². The molecule has 0 bridgehead atoms. The first-order chi connectivity index (χ1) is 9.16. The number of phenolic OH excluding ortho intramolecular Hbond substituents is 1. The van der Waals surface area contributed by atoms with Crippen LogP contribution in [-0.4, -0.2) is 10.1 Å². The van der Waals surface area contributed by atoms with Gasteiger partial charge in [0.1, 0.15) is 5.75 Å². The molecular weight excluding hydrogens is 246 g/mol. The zero-order chi connectivity index (χ0) is 13.7. The van der Waals surface area contributed by atoms with Crippen molar-refractivity contribution >= 4 is 10.9 Å². The van der Waals surface area contributed by atoms with Crippen LogP contribution in [-0.2, 0) is 0 Å². The average Bonchev–Trinajstić information content (AvgIpc) is 2.40. The van der Waals surface area contributed by atoms with E-state index < -0.39 is 11.4 Å². The molecule has 0 radical (unpaired) electrons. The zero-order valence-electron chi connectivity index (χ0n) is 9.87. The van der Waals surface area contributed by atoms with Crippen LogP contribution in [0.15, 0.2) is 68.6 Å². The molecule has 5 heteroatoms. The molecule has 0 aliphatic carbocycles. The lowest BCUT2D eigenvalue weighted by Gasteiger charge is -1.91. The molecule has 2 aromatic carbocycles. The summed E-state index contributed by atoms with van der Waals surface area (Å²) in [6, 6.07) is 15.4. The Balaban J connectivity index is 0.000000163. The normalized spacial score (nSPS) is 9.68. The van der Waals surface area contributed by atoms with Crippen LogP contribution in [0.2, 0.25) is 0 Å². The van der Waals surface area contributed by atoms with E-state index in [4.69, 9.17) is 5.11 Å². The van der Waals surface area contributed by atoms with Gasteiger partial charge in [-0.05, 0) is 24.3 Å². The molecule has 0 amide bonds. The number of rotatable bonds is 0. The van der Waals surface area contributed by atoms with Gasteiger partial charge in [-0.1, -0.05) is 30.3 Å². The minimum Gasteiger partial charge on any atom is -0.508 e. The van der Waals surface area contributed by atoms with Crippen molar-refractivity contribution in [2.45, 2.75) is 0 Å². The lowest BCUT2D eigenvalue weighted by Crippen LogP contribution is -2.13. The van der Waals surface area contributed by atoms with Crippen molar-refractivity contribution in [1.82, 2.24) is 4.98 Å². The molecule has 2 N–H and O–H groups in total. The number of phenols is 1. The van der Waals surface area contributed by atoms with E-state index >= 15 is 0 Å². The van der Waals surface area contributed by atoms with E-state index in [1.807, 2.05) is 6.07 Å². The first kappa shape index (κ1) is 12.6. The number of H-pyrrole nitrogens is 1. The summed E-state index contributed by atoms with van der Waals surface area (Å²) in [5, 5.41) is 9.02. The average molecular weight is 257 g/mol. The molecule has 0 fully saturated rings. The Morgan fingerprint density at radius 2 is 1.53 bits per heavy atom. The van der Waals surface area contributed by atoms with Gasteiger partial charge in [0.25, 0.3) is 0 Å². The van der Waals surface area contributed by atoms with Crippen LogP contribution in [0.5, 0.6) is 5.75 Å². The molecule has 96 valence electrons. The minimum absolute atomic E-state index is 0.322. The highest BCUT2D eigenvalue weighted by atomic mass is 16.4. The number of hydrogen-bond donors (Lipinski definition) is 2. The van der Waals surface area contributed by atoms with Crippen LogP contribution in [0, 0.1) is 0 Å². The third-order valence-corrected chi connectivity index (χ3v) is 2.33. The van der Waals surface area contributed by atoms with Crippen LogP contribution in [0.4, 0.5) is 0 Å². The highest BCUT2D eigenvalue weighted by molar-refractivity contribution is 5.76. The van der Waals surface area contributed by atoms with Gasteiger partial charge in [0, 0.05) is 0 Å². The van der Waals surface area contributed by atoms with Gasteiger partial charge in [-0.2, -0.15) is 0 Å². The molecule has 1 heterocycles. The van der Waals surface area contributed by atoms with Crippen LogP contribution < -0.4 is 11.4 Å². The summed E-state index contributed by atoms with van der Waals surface area (Å²) in [5.74, 6) is -0.402. The summed E-state index contributed by atoms with van der Waals surface area (Å²) in [7, 11) is 0. The van der Waals surface area contributed by atoms with Gasteiger partial charge in [0.05, 0.1) is 10.9 Å². The first-order valence-corrected chi connectivity index (χ1v) is 5.53. The maximum Gasteiger partial charge on any atom is 0.419 e. The first-order valence-electron chi connectivity index (χ1n) is 5.53. The van der Waals surface area contributed by atoms with Gasteiger partial charge in [-0.3, -0.25) is 4.98 Å². The number of hydrogen-bond acceptors (Lipinski definition) is 4. The molecule has 0 saturated carbocycles. The van der Waals surface area contributed by atoms with Crippen molar-refractivity contribution in [1.29, 1.82) is 0 Å². The molecule has 0 unspecified atom stereocenters. The Morgan fingerprint density at radius 3 is 2.16 bits per heavy atom. The second-order valence-electron chi connectivity index (χ2n) is 3.68. The summed E-state index contributed by atoms with van der Waals surface area (Å²) in [6.07, 6.45) is 0. The van der Waals surface area contributed by atoms with Gasteiger partial charge in [0.2, 0.25) is 0 Å². The second-order valence-corrected chi connectivity index (χ2v) is 3.68. The van der Waals surface area contributed by atoms with Crippen molar-refractivity contribution in [2.24, 2.45) is 0 Å². The topological polar surface area (TPSA) is 83.3 Å². The molecule has 0 spiro atoms. The zero-order valence-corrected chi connectivity index (χ0v) is 9.87. The Labute approximate surface area is 107 Å². The standard InChI is InChI=1S/C8H5NO3.C6H6O/c10-7-5-3-1-2-4-6(5)9-8(11)12-7;7-6-4-2-1-3-5-6/h1-4H,(H,9,11);1-5,7H. The molecule has 0 aliphatic heterocycles. The summed E-state index contributed by atoms with van der Waals surface area (Å²) in [5.41, 5.74) is -0.104. The Bertz CT molecular complexity index is 774. The predicted octanol–water partition coefficient (Wildman–Crippen LogP) is 1.87. The van der Waals surface area contributed by atoms with E-state index in [0.717, 1.165) is 0 Å². The lowest BCUT2D eigenvalue weighted by molar-refractivity contribution is 0.460. The Hall–Kier alpha value is -2.82. The predicted molar refractivity (Wildman–Crippen MR) is 71.2 cm³/mol. The molecule has 1 aromatic heterocycles. The number of benzene rings is 2. The Morgan fingerprint density at radius 1 is 0.895 bits per heavy atom. The van der Waals surface area contributed by atoms with Crippen molar-refractivity contribution in [3.63, 3.8) is 0 Å². The van der Waals surface area contributed by atoms with Gasteiger partial charge < -0.3 is 9.52 Å². The van der Waals surface area contributed by atoms with Crippen LogP contribution >= 0.6 is 0 Å². The van der Waals surface area contributed by atoms with Gasteiger partial charge in [0.15, 0.2) is 0 Å². The van der Waals surface area contributed by atoms with E-state index in [1.54, 1.807) is 48.5 Å². The number of para-hydroxylation sites is 2. The molecule has 19 heavy (non-hydrogen) atoms. The molecular formula is C14H11NO4.